The molecule has 0 saturated carbocycles. The van der Waals surface area contributed by atoms with Crippen molar-refractivity contribution in [1.82, 2.24) is 15.2 Å². The van der Waals surface area contributed by atoms with Crippen molar-refractivity contribution in [3.8, 4) is 5.75 Å². The van der Waals surface area contributed by atoms with E-state index in [1.54, 1.807) is 11.8 Å². The lowest BCUT2D eigenvalue weighted by Crippen LogP contribution is -2.30. The monoisotopic (exact) mass is 324 g/mol. The molecule has 0 radical (unpaired) electrons. The molecule has 0 spiro atoms. The zero-order chi connectivity index (χ0) is 13.8. The number of ether oxygens (including phenoxy) is 1. The number of aryl methyl sites for hydroxylation is 1. The molecule has 1 heterocycles. The van der Waals surface area contributed by atoms with Crippen LogP contribution in [0.3, 0.4) is 0 Å². The van der Waals surface area contributed by atoms with Crippen molar-refractivity contribution in [2.24, 2.45) is 12.9 Å². The van der Waals surface area contributed by atoms with Crippen molar-refractivity contribution in [3.05, 3.63) is 46.2 Å². The van der Waals surface area contributed by atoms with E-state index < -0.39 is 0 Å². The highest BCUT2D eigenvalue weighted by atomic mass is 79.9. The number of nitrogens with one attached hydrogen (secondary N) is 1. The number of aromatic nitrogens is 2. The SMILES string of the molecule is COc1ccc(CC(NN)c2ccn(C)n2)cc1Br. The summed E-state index contributed by atoms with van der Waals surface area (Å²) in [6.07, 6.45) is 2.67. The number of hydrogen-bond acceptors (Lipinski definition) is 4. The Hall–Kier alpha value is -1.37. The highest BCUT2D eigenvalue weighted by molar-refractivity contribution is 9.10. The summed E-state index contributed by atoms with van der Waals surface area (Å²) in [6, 6.07) is 7.94. The number of nitrogens with zero attached hydrogens (tertiary/aromatic N) is 2. The number of halogens is 1. The highest BCUT2D eigenvalue weighted by Crippen LogP contribution is 2.27. The molecule has 0 amide bonds. The van der Waals surface area contributed by atoms with Crippen LogP contribution in [0.2, 0.25) is 0 Å². The lowest BCUT2D eigenvalue weighted by Gasteiger charge is -2.14. The molecular weight excluding hydrogens is 308 g/mol. The molecule has 2 rings (SSSR count). The molecule has 19 heavy (non-hydrogen) atoms. The summed E-state index contributed by atoms with van der Waals surface area (Å²) in [5.74, 6) is 6.44. The van der Waals surface area contributed by atoms with E-state index in [-0.39, 0.29) is 6.04 Å². The third-order valence-electron chi connectivity index (χ3n) is 2.95. The number of nitrogens with two attached hydrogens (primary N) is 1. The summed E-state index contributed by atoms with van der Waals surface area (Å²) < 4.78 is 7.92. The van der Waals surface area contributed by atoms with Crippen molar-refractivity contribution in [3.63, 3.8) is 0 Å². The standard InChI is InChI=1S/C13H17BrN4O/c1-18-6-5-11(17-18)12(16-15)8-9-3-4-13(19-2)10(14)7-9/h3-7,12,16H,8,15H2,1-2H3. The molecule has 0 fully saturated rings. The Morgan fingerprint density at radius 2 is 2.26 bits per heavy atom. The van der Waals surface area contributed by atoms with Gasteiger partial charge in [0.2, 0.25) is 0 Å². The minimum Gasteiger partial charge on any atom is -0.496 e. The first-order valence-electron chi connectivity index (χ1n) is 5.92. The molecule has 1 aromatic carbocycles. The second kappa shape index (κ2) is 6.18. The van der Waals surface area contributed by atoms with Gasteiger partial charge in [-0.05, 0) is 46.1 Å². The minimum absolute atomic E-state index is 0.0125. The zero-order valence-corrected chi connectivity index (χ0v) is 12.5. The molecular formula is C13H17BrN4O. The summed E-state index contributed by atoms with van der Waals surface area (Å²) in [5, 5.41) is 4.37. The Labute approximate surface area is 120 Å². The molecule has 0 aliphatic rings. The fourth-order valence-corrected chi connectivity index (χ4v) is 2.53. The molecule has 0 saturated heterocycles. The maximum Gasteiger partial charge on any atom is 0.133 e. The first kappa shape index (κ1) is 14.0. The van der Waals surface area contributed by atoms with Crippen molar-refractivity contribution in [2.45, 2.75) is 12.5 Å². The van der Waals surface area contributed by atoms with E-state index in [4.69, 9.17) is 10.6 Å². The van der Waals surface area contributed by atoms with Crippen LogP contribution in [0, 0.1) is 0 Å². The van der Waals surface area contributed by atoms with E-state index in [1.807, 2.05) is 37.5 Å². The second-order valence-corrected chi connectivity index (χ2v) is 5.16. The highest BCUT2D eigenvalue weighted by Gasteiger charge is 2.14. The van der Waals surface area contributed by atoms with Crippen molar-refractivity contribution >= 4 is 15.9 Å². The van der Waals surface area contributed by atoms with Gasteiger partial charge in [-0.15, -0.1) is 0 Å². The third kappa shape index (κ3) is 3.34. The Kier molecular flexibility index (Phi) is 4.57. The number of hydrogen-bond donors (Lipinski definition) is 2. The molecule has 0 aliphatic heterocycles. The second-order valence-electron chi connectivity index (χ2n) is 4.31. The summed E-state index contributed by atoms with van der Waals surface area (Å²) in [5.41, 5.74) is 4.89. The Morgan fingerprint density at radius 3 is 2.79 bits per heavy atom. The average Bonchev–Trinajstić information content (AvgIpc) is 2.82. The molecule has 1 aromatic heterocycles. The van der Waals surface area contributed by atoms with Crippen LogP contribution in [-0.4, -0.2) is 16.9 Å². The van der Waals surface area contributed by atoms with Crippen LogP contribution in [0.4, 0.5) is 0 Å². The maximum absolute atomic E-state index is 5.62. The van der Waals surface area contributed by atoms with Crippen LogP contribution in [0.25, 0.3) is 0 Å². The van der Waals surface area contributed by atoms with Crippen LogP contribution in [-0.2, 0) is 13.5 Å². The third-order valence-corrected chi connectivity index (χ3v) is 3.57. The van der Waals surface area contributed by atoms with E-state index in [9.17, 15) is 0 Å². The van der Waals surface area contributed by atoms with E-state index in [0.29, 0.717) is 0 Å². The summed E-state index contributed by atoms with van der Waals surface area (Å²) in [7, 11) is 3.54. The van der Waals surface area contributed by atoms with E-state index >= 15 is 0 Å². The quantitative estimate of drug-likeness (QED) is 0.651. The van der Waals surface area contributed by atoms with E-state index in [2.05, 4.69) is 26.5 Å². The van der Waals surface area contributed by atoms with Gasteiger partial charge in [0.15, 0.2) is 0 Å². The molecule has 1 unspecified atom stereocenters. The molecule has 1 atom stereocenters. The predicted octanol–water partition coefficient (Wildman–Crippen LogP) is 1.94. The summed E-state index contributed by atoms with van der Waals surface area (Å²) in [4.78, 5) is 0. The fraction of sp³-hybridized carbons (Fsp3) is 0.308. The minimum atomic E-state index is -0.0125. The molecule has 6 heteroatoms. The van der Waals surface area contributed by atoms with Crippen molar-refractivity contribution < 1.29 is 4.74 Å². The number of hydrazine groups is 1. The van der Waals surface area contributed by atoms with Gasteiger partial charge in [0.1, 0.15) is 5.75 Å². The lowest BCUT2D eigenvalue weighted by molar-refractivity contribution is 0.412. The number of rotatable bonds is 5. The van der Waals surface area contributed by atoms with Gasteiger partial charge < -0.3 is 4.74 Å². The predicted molar refractivity (Wildman–Crippen MR) is 77.7 cm³/mol. The van der Waals surface area contributed by atoms with E-state index in [1.165, 1.54) is 0 Å². The number of benzene rings is 1. The first-order valence-corrected chi connectivity index (χ1v) is 6.71. The lowest BCUT2D eigenvalue weighted by atomic mass is 10.0. The molecule has 2 aromatic rings. The van der Waals surface area contributed by atoms with Gasteiger partial charge in [-0.3, -0.25) is 16.0 Å². The van der Waals surface area contributed by atoms with Crippen molar-refractivity contribution in [1.29, 1.82) is 0 Å². The van der Waals surface area contributed by atoms with Crippen LogP contribution in [0.5, 0.6) is 5.75 Å². The molecule has 3 N–H and O–H groups in total. The van der Waals surface area contributed by atoms with Gasteiger partial charge >= 0.3 is 0 Å². The zero-order valence-electron chi connectivity index (χ0n) is 10.9. The molecule has 0 bridgehead atoms. The average molecular weight is 325 g/mol. The fourth-order valence-electron chi connectivity index (χ4n) is 1.94. The van der Waals surface area contributed by atoms with Crippen molar-refractivity contribution in [2.75, 3.05) is 7.11 Å². The van der Waals surface area contributed by atoms with Gasteiger partial charge in [0.05, 0.1) is 23.3 Å². The van der Waals surface area contributed by atoms with Crippen LogP contribution in [0.1, 0.15) is 17.3 Å². The molecule has 102 valence electrons. The number of methoxy groups -OCH3 is 1. The summed E-state index contributed by atoms with van der Waals surface area (Å²) in [6.45, 7) is 0. The Morgan fingerprint density at radius 1 is 1.47 bits per heavy atom. The Bertz CT molecular complexity index is 555. The van der Waals surface area contributed by atoms with Crippen LogP contribution in [0.15, 0.2) is 34.9 Å². The topological polar surface area (TPSA) is 65.1 Å². The van der Waals surface area contributed by atoms with Gasteiger partial charge in [0, 0.05) is 13.2 Å². The van der Waals surface area contributed by atoms with E-state index in [0.717, 1.165) is 27.9 Å². The van der Waals surface area contributed by atoms with Crippen LogP contribution < -0.4 is 16.0 Å². The van der Waals surface area contributed by atoms with Gasteiger partial charge in [-0.25, -0.2) is 0 Å². The maximum atomic E-state index is 5.62. The van der Waals surface area contributed by atoms with Crippen LogP contribution >= 0.6 is 15.9 Å². The Balaban J connectivity index is 2.16. The largest absolute Gasteiger partial charge is 0.496 e. The normalized spacial score (nSPS) is 12.4. The molecule has 5 nitrogen and oxygen atoms in total. The van der Waals surface area contributed by atoms with Gasteiger partial charge in [0.25, 0.3) is 0 Å². The molecule has 0 aliphatic carbocycles. The smallest absolute Gasteiger partial charge is 0.133 e. The van der Waals surface area contributed by atoms with Gasteiger partial charge in [-0.1, -0.05) is 6.07 Å². The van der Waals surface area contributed by atoms with Gasteiger partial charge in [-0.2, -0.15) is 5.10 Å². The first-order chi connectivity index (χ1) is 9.13. The summed E-state index contributed by atoms with van der Waals surface area (Å²) >= 11 is 3.48.